The summed E-state index contributed by atoms with van der Waals surface area (Å²) in [5, 5.41) is 24.3. The molecule has 0 aliphatic rings. The Bertz CT molecular complexity index is 1200. The maximum atomic E-state index is 12.5. The number of carboxylic acids is 2. The number of aryl methyl sites for hydroxylation is 2. The molecule has 2 atom stereocenters. The molecule has 2 rings (SSSR count). The first kappa shape index (κ1) is 43.9. The van der Waals surface area contributed by atoms with E-state index in [0.717, 1.165) is 44.1 Å². The molecule has 0 bridgehead atoms. The lowest BCUT2D eigenvalue weighted by Gasteiger charge is -2.23. The molecule has 2 aromatic carbocycles. The monoisotopic (exact) mass is 810 g/mol. The maximum Gasteiger partial charge on any atom is 0.327 e. The second-order valence-corrected chi connectivity index (χ2v) is 15.3. The highest BCUT2D eigenvalue weighted by Crippen LogP contribution is 2.24. The Hall–Kier alpha value is -2.22. The highest BCUT2D eigenvalue weighted by Gasteiger charge is 2.23. The molecule has 0 radical (unpaired) electrons. The zero-order valence-electron chi connectivity index (χ0n) is 27.8. The number of anilines is 2. The lowest BCUT2D eigenvalue weighted by atomic mass is 10.1. The van der Waals surface area contributed by atoms with Crippen molar-refractivity contribution in [2.45, 2.75) is 50.6 Å². The molecule has 2 amide bonds. The number of rotatable bonds is 27. The molecule has 0 spiro atoms. The number of carboxylic acid groups (broad SMARTS) is 2. The number of nitrogens with zero attached hydrogens (tertiary/aromatic N) is 2. The van der Waals surface area contributed by atoms with Gasteiger partial charge in [-0.3, -0.25) is 9.59 Å². The van der Waals surface area contributed by atoms with Crippen molar-refractivity contribution in [2.75, 3.05) is 71.0 Å². The van der Waals surface area contributed by atoms with E-state index in [1.54, 1.807) is 0 Å². The van der Waals surface area contributed by atoms with Crippen LogP contribution in [0.15, 0.2) is 48.5 Å². The summed E-state index contributed by atoms with van der Waals surface area (Å²) in [6.07, 6.45) is 2.71. The fourth-order valence-corrected chi connectivity index (χ4v) is 8.04. The van der Waals surface area contributed by atoms with E-state index in [-0.39, 0.29) is 36.2 Å². The number of alkyl halides is 4. The van der Waals surface area contributed by atoms with E-state index in [2.05, 4.69) is 20.4 Å². The van der Waals surface area contributed by atoms with E-state index >= 15 is 0 Å². The first-order valence-corrected chi connectivity index (χ1v) is 20.9. The van der Waals surface area contributed by atoms with Crippen molar-refractivity contribution in [1.29, 1.82) is 0 Å². The summed E-state index contributed by atoms with van der Waals surface area (Å²) in [6, 6.07) is 13.7. The van der Waals surface area contributed by atoms with Gasteiger partial charge in [0.05, 0.1) is 0 Å². The molecule has 16 heteroatoms. The van der Waals surface area contributed by atoms with Crippen molar-refractivity contribution in [3.05, 3.63) is 59.7 Å². The quantitative estimate of drug-likeness (QED) is 0.0475. The second kappa shape index (κ2) is 25.7. The Labute approximate surface area is 322 Å². The smallest absolute Gasteiger partial charge is 0.327 e. The average molecular weight is 813 g/mol. The fraction of sp³-hybridized carbons (Fsp3) is 0.529. The highest BCUT2D eigenvalue weighted by atomic mass is 35.5. The standard InChI is InChI=1S/C34H46Cl4N4O6S2/c35-15-19-41(20-16-36)27-11-7-25(8-12-27)3-1-5-31(43)39-29(33(45)46)23-49-50-24-30(34(47)48)40-32(44)6-2-4-26-9-13-28(14-10-26)42(21-17-37)22-18-38/h7-14,29-30H,1-6,15-24H2,(H,39,43)(H,40,44)(H,45,46)(H,47,48)/t29-,30-/m0/s1. The van der Waals surface area contributed by atoms with Crippen molar-refractivity contribution >= 4 is 103 Å². The van der Waals surface area contributed by atoms with E-state index < -0.39 is 24.0 Å². The molecule has 4 N–H and O–H groups in total. The van der Waals surface area contributed by atoms with Crippen molar-refractivity contribution in [2.24, 2.45) is 0 Å². The summed E-state index contributed by atoms with van der Waals surface area (Å²) in [7, 11) is 2.26. The van der Waals surface area contributed by atoms with Crippen LogP contribution in [0.3, 0.4) is 0 Å². The van der Waals surface area contributed by atoms with Gasteiger partial charge in [-0.1, -0.05) is 45.9 Å². The predicted octanol–water partition coefficient (Wildman–Crippen LogP) is 6.12. The van der Waals surface area contributed by atoms with Crippen molar-refractivity contribution in [1.82, 2.24) is 10.6 Å². The number of carbonyl (C=O) groups is 4. The van der Waals surface area contributed by atoms with Crippen LogP contribution in [0.5, 0.6) is 0 Å². The van der Waals surface area contributed by atoms with Crippen LogP contribution >= 0.6 is 68.0 Å². The van der Waals surface area contributed by atoms with Crippen LogP contribution < -0.4 is 20.4 Å². The Morgan fingerprint density at radius 1 is 0.580 bits per heavy atom. The molecule has 278 valence electrons. The lowest BCUT2D eigenvalue weighted by molar-refractivity contribution is -0.141. The summed E-state index contributed by atoms with van der Waals surface area (Å²) in [4.78, 5) is 52.7. The van der Waals surface area contributed by atoms with Crippen LogP contribution in [0.25, 0.3) is 0 Å². The third kappa shape index (κ3) is 17.3. The number of carbonyl (C=O) groups excluding carboxylic acids is 2. The molecule has 0 fully saturated rings. The molecule has 50 heavy (non-hydrogen) atoms. The van der Waals surface area contributed by atoms with Crippen LogP contribution in [0.2, 0.25) is 0 Å². The predicted molar refractivity (Wildman–Crippen MR) is 210 cm³/mol. The van der Waals surface area contributed by atoms with E-state index in [4.69, 9.17) is 46.4 Å². The first-order chi connectivity index (χ1) is 24.1. The number of hydrogen-bond acceptors (Lipinski definition) is 8. The number of nitrogens with one attached hydrogen (secondary N) is 2. The van der Waals surface area contributed by atoms with Gasteiger partial charge in [0, 0.05) is 85.4 Å². The molecular weight excluding hydrogens is 766 g/mol. The van der Waals surface area contributed by atoms with Crippen molar-refractivity contribution in [3.8, 4) is 0 Å². The molecule has 0 unspecified atom stereocenters. The van der Waals surface area contributed by atoms with Gasteiger partial charge in [-0.2, -0.15) is 0 Å². The maximum absolute atomic E-state index is 12.5. The molecule has 0 saturated carbocycles. The summed E-state index contributed by atoms with van der Waals surface area (Å²) in [6.45, 7) is 2.76. The number of halogens is 4. The zero-order valence-corrected chi connectivity index (χ0v) is 32.5. The molecular formula is C34H46Cl4N4O6S2. The van der Waals surface area contributed by atoms with Gasteiger partial charge in [-0.25, -0.2) is 9.59 Å². The van der Waals surface area contributed by atoms with Gasteiger partial charge in [-0.15, -0.1) is 46.4 Å². The molecule has 2 aromatic rings. The van der Waals surface area contributed by atoms with Crippen LogP contribution in [-0.2, 0) is 32.0 Å². The molecule has 0 aliphatic heterocycles. The van der Waals surface area contributed by atoms with Crippen molar-refractivity contribution in [3.63, 3.8) is 0 Å². The molecule has 10 nitrogen and oxygen atoms in total. The molecule has 0 aromatic heterocycles. The normalized spacial score (nSPS) is 12.2. The summed E-state index contributed by atoms with van der Waals surface area (Å²) < 4.78 is 0. The fourth-order valence-electron chi connectivity index (χ4n) is 4.92. The van der Waals surface area contributed by atoms with Gasteiger partial charge in [0.25, 0.3) is 0 Å². The minimum Gasteiger partial charge on any atom is -0.480 e. The largest absolute Gasteiger partial charge is 0.480 e. The van der Waals surface area contributed by atoms with Gasteiger partial charge >= 0.3 is 11.9 Å². The van der Waals surface area contributed by atoms with E-state index in [1.165, 1.54) is 0 Å². The second-order valence-electron chi connectivity index (χ2n) is 11.3. The van der Waals surface area contributed by atoms with Crippen LogP contribution in [0.1, 0.15) is 36.8 Å². The van der Waals surface area contributed by atoms with Crippen molar-refractivity contribution < 1.29 is 29.4 Å². The van der Waals surface area contributed by atoms with Crippen LogP contribution in [-0.4, -0.2) is 107 Å². The first-order valence-electron chi connectivity index (χ1n) is 16.3. The molecule has 0 saturated heterocycles. The van der Waals surface area contributed by atoms with Gasteiger partial charge in [0.1, 0.15) is 12.1 Å². The summed E-state index contributed by atoms with van der Waals surface area (Å²) >= 11 is 23.6. The van der Waals surface area contributed by atoms with Crippen LogP contribution in [0.4, 0.5) is 11.4 Å². The Morgan fingerprint density at radius 2 is 0.900 bits per heavy atom. The Balaban J connectivity index is 1.71. The van der Waals surface area contributed by atoms with E-state index in [1.807, 2.05) is 48.5 Å². The summed E-state index contributed by atoms with van der Waals surface area (Å²) in [5.74, 6) is -1.07. The topological polar surface area (TPSA) is 139 Å². The van der Waals surface area contributed by atoms with Gasteiger partial charge in [0.15, 0.2) is 0 Å². The number of aliphatic carboxylic acids is 2. The van der Waals surface area contributed by atoms with E-state index in [9.17, 15) is 29.4 Å². The Kier molecular flexibility index (Phi) is 22.6. The number of benzene rings is 2. The van der Waals surface area contributed by atoms with Crippen LogP contribution in [0, 0.1) is 0 Å². The van der Waals surface area contributed by atoms with Gasteiger partial charge in [-0.05, 0) is 61.1 Å². The minimum atomic E-state index is -1.18. The SMILES string of the molecule is O=C(CCCc1ccc(N(CCCl)CCCl)cc1)N[C@@H](CSSC[C@H](NC(=O)CCCc1ccc(N(CCCl)CCCl)cc1)C(=O)O)C(=O)O. The highest BCUT2D eigenvalue weighted by molar-refractivity contribution is 8.76. The van der Waals surface area contributed by atoms with Gasteiger partial charge in [0.2, 0.25) is 11.8 Å². The summed E-state index contributed by atoms with van der Waals surface area (Å²) in [5.41, 5.74) is 4.15. The number of hydrogen-bond donors (Lipinski definition) is 4. The Morgan fingerprint density at radius 3 is 1.18 bits per heavy atom. The third-order valence-electron chi connectivity index (χ3n) is 7.58. The molecule has 0 aliphatic carbocycles. The van der Waals surface area contributed by atoms with Gasteiger partial charge < -0.3 is 30.6 Å². The zero-order chi connectivity index (χ0) is 36.7. The third-order valence-corrected chi connectivity index (χ3v) is 10.7. The minimum absolute atomic E-state index is 0.0306. The van der Waals surface area contributed by atoms with E-state index in [0.29, 0.717) is 75.4 Å². The number of amides is 2. The lowest BCUT2D eigenvalue weighted by Crippen LogP contribution is -2.43. The average Bonchev–Trinajstić information content (AvgIpc) is 3.09. The molecule has 0 heterocycles.